The highest BCUT2D eigenvalue weighted by Crippen LogP contribution is 2.23. The molecule has 1 heterocycles. The molecule has 1 aliphatic rings. The van der Waals surface area contributed by atoms with E-state index < -0.39 is 23.2 Å². The van der Waals surface area contributed by atoms with Crippen LogP contribution in [0.4, 0.5) is 8.78 Å². The van der Waals surface area contributed by atoms with Crippen molar-refractivity contribution in [3.05, 3.63) is 35.4 Å². The third kappa shape index (κ3) is 2.89. The van der Waals surface area contributed by atoms with E-state index in [0.717, 1.165) is 6.07 Å². The molecule has 2 unspecified atom stereocenters. The van der Waals surface area contributed by atoms with Crippen LogP contribution >= 0.6 is 0 Å². The fourth-order valence-electron chi connectivity index (χ4n) is 2.41. The Morgan fingerprint density at radius 3 is 2.33 bits per heavy atom. The Morgan fingerprint density at radius 1 is 1.24 bits per heavy atom. The van der Waals surface area contributed by atoms with E-state index in [1.807, 2.05) is 0 Å². The number of hydrogen-bond donors (Lipinski definition) is 1. The lowest BCUT2D eigenvalue weighted by Crippen LogP contribution is -2.68. The highest BCUT2D eigenvalue weighted by molar-refractivity contribution is 5.99. The van der Waals surface area contributed by atoms with Crippen LogP contribution in [0.25, 0.3) is 0 Å². The van der Waals surface area contributed by atoms with E-state index >= 15 is 0 Å². The van der Waals surface area contributed by atoms with Crippen LogP contribution in [0.3, 0.4) is 0 Å². The first-order valence-electron chi connectivity index (χ1n) is 6.85. The zero-order valence-electron chi connectivity index (χ0n) is 12.2. The minimum Gasteiger partial charge on any atom is -0.340 e. The molecule has 21 heavy (non-hydrogen) atoms. The number of rotatable bonds is 3. The zero-order chi connectivity index (χ0) is 15.8. The Bertz CT molecular complexity index is 571. The van der Waals surface area contributed by atoms with Gasteiger partial charge in [0.05, 0.1) is 0 Å². The van der Waals surface area contributed by atoms with Crippen molar-refractivity contribution in [2.75, 3.05) is 0 Å². The summed E-state index contributed by atoms with van der Waals surface area (Å²) in [5, 5.41) is 2.70. The quantitative estimate of drug-likeness (QED) is 0.927. The van der Waals surface area contributed by atoms with E-state index in [1.165, 1.54) is 17.0 Å². The molecule has 0 spiro atoms. The van der Waals surface area contributed by atoms with Crippen molar-refractivity contribution >= 4 is 11.8 Å². The van der Waals surface area contributed by atoms with Gasteiger partial charge in [0.15, 0.2) is 0 Å². The van der Waals surface area contributed by atoms with Crippen LogP contribution in [0.1, 0.15) is 32.8 Å². The maximum atomic E-state index is 13.2. The van der Waals surface area contributed by atoms with Crippen LogP contribution in [0.2, 0.25) is 0 Å². The summed E-state index contributed by atoms with van der Waals surface area (Å²) in [4.78, 5) is 25.9. The molecule has 1 saturated heterocycles. The van der Waals surface area contributed by atoms with Gasteiger partial charge < -0.3 is 10.2 Å². The van der Waals surface area contributed by atoms with Crippen LogP contribution in [0, 0.1) is 11.6 Å². The smallest absolute Gasteiger partial charge is 0.248 e. The monoisotopic (exact) mass is 296 g/mol. The Hall–Kier alpha value is -1.98. The minimum atomic E-state index is -0.977. The molecule has 114 valence electrons. The Kier molecular flexibility index (Phi) is 3.98. The Balaban J connectivity index is 2.31. The highest BCUT2D eigenvalue weighted by atomic mass is 19.1. The molecule has 6 heteroatoms. The molecule has 1 aliphatic heterocycles. The van der Waals surface area contributed by atoms with Gasteiger partial charge in [-0.25, -0.2) is 8.78 Å². The van der Waals surface area contributed by atoms with Crippen LogP contribution < -0.4 is 5.32 Å². The van der Waals surface area contributed by atoms with Crippen molar-refractivity contribution in [2.45, 2.75) is 45.3 Å². The van der Waals surface area contributed by atoms with Crippen molar-refractivity contribution < 1.29 is 18.4 Å². The molecule has 1 aromatic carbocycles. The first-order chi connectivity index (χ1) is 9.76. The predicted molar refractivity (Wildman–Crippen MR) is 73.2 cm³/mol. The summed E-state index contributed by atoms with van der Waals surface area (Å²) >= 11 is 0. The van der Waals surface area contributed by atoms with Gasteiger partial charge in [0.1, 0.15) is 23.2 Å². The predicted octanol–water partition coefficient (Wildman–Crippen LogP) is 1.98. The first kappa shape index (κ1) is 15.4. The van der Waals surface area contributed by atoms with Crippen molar-refractivity contribution in [1.29, 1.82) is 0 Å². The van der Waals surface area contributed by atoms with Gasteiger partial charge in [0, 0.05) is 12.6 Å². The number of carbonyl (C=O) groups excluding carboxylic acids is 2. The van der Waals surface area contributed by atoms with E-state index in [0.29, 0.717) is 12.0 Å². The lowest BCUT2D eigenvalue weighted by Gasteiger charge is -2.43. The summed E-state index contributed by atoms with van der Waals surface area (Å²) in [6.45, 7) is 5.04. The molecule has 0 saturated carbocycles. The Labute approximate surface area is 122 Å². The third-order valence-corrected chi connectivity index (χ3v) is 3.96. The van der Waals surface area contributed by atoms with Gasteiger partial charge in [-0.15, -0.1) is 0 Å². The van der Waals surface area contributed by atoms with Gasteiger partial charge >= 0.3 is 0 Å². The molecule has 0 aliphatic carbocycles. The summed E-state index contributed by atoms with van der Waals surface area (Å²) in [5.41, 5.74) is -0.656. The third-order valence-electron chi connectivity index (χ3n) is 3.96. The van der Waals surface area contributed by atoms with Crippen LogP contribution in [0.5, 0.6) is 0 Å². The number of nitrogens with one attached hydrogen (secondary N) is 1. The number of halogens is 2. The van der Waals surface area contributed by atoms with Crippen LogP contribution in [-0.4, -0.2) is 28.3 Å². The normalized spacial score (nSPS) is 26.0. The molecule has 0 aromatic heterocycles. The topological polar surface area (TPSA) is 49.4 Å². The lowest BCUT2D eigenvalue weighted by atomic mass is 9.92. The molecule has 1 fully saturated rings. The van der Waals surface area contributed by atoms with Gasteiger partial charge in [-0.3, -0.25) is 9.59 Å². The van der Waals surface area contributed by atoms with Gasteiger partial charge in [-0.2, -0.15) is 0 Å². The fraction of sp³-hybridized carbons (Fsp3) is 0.467. The number of amides is 2. The van der Waals surface area contributed by atoms with E-state index in [2.05, 4.69) is 5.32 Å². The first-order valence-corrected chi connectivity index (χ1v) is 6.85. The van der Waals surface area contributed by atoms with Crippen molar-refractivity contribution in [1.82, 2.24) is 10.2 Å². The second-order valence-electron chi connectivity index (χ2n) is 5.56. The fourth-order valence-corrected chi connectivity index (χ4v) is 2.41. The van der Waals surface area contributed by atoms with E-state index in [9.17, 15) is 18.4 Å². The van der Waals surface area contributed by atoms with Gasteiger partial charge in [0.25, 0.3) is 0 Å². The van der Waals surface area contributed by atoms with Gasteiger partial charge in [-0.05, 0) is 38.0 Å². The highest BCUT2D eigenvalue weighted by Gasteiger charge is 2.45. The molecular formula is C15H18F2N2O2. The molecule has 4 nitrogen and oxygen atoms in total. The van der Waals surface area contributed by atoms with Gasteiger partial charge in [-0.1, -0.05) is 6.92 Å². The summed E-state index contributed by atoms with van der Waals surface area (Å²) in [7, 11) is 0. The molecule has 0 radical (unpaired) electrons. The summed E-state index contributed by atoms with van der Waals surface area (Å²) in [6, 6.07) is 2.43. The van der Waals surface area contributed by atoms with Crippen molar-refractivity contribution in [2.24, 2.45) is 0 Å². The van der Waals surface area contributed by atoms with E-state index in [4.69, 9.17) is 0 Å². The Morgan fingerprint density at radius 2 is 1.81 bits per heavy atom. The molecule has 0 bridgehead atoms. The number of benzene rings is 1. The van der Waals surface area contributed by atoms with Crippen LogP contribution in [-0.2, 0) is 16.1 Å². The molecule has 1 aromatic rings. The number of piperazine rings is 1. The molecular weight excluding hydrogens is 278 g/mol. The van der Waals surface area contributed by atoms with Crippen molar-refractivity contribution in [3.8, 4) is 0 Å². The largest absolute Gasteiger partial charge is 0.340 e. The van der Waals surface area contributed by atoms with Gasteiger partial charge in [0.2, 0.25) is 11.8 Å². The second-order valence-corrected chi connectivity index (χ2v) is 5.56. The minimum absolute atomic E-state index is 0.00229. The lowest BCUT2D eigenvalue weighted by molar-refractivity contribution is -0.154. The maximum Gasteiger partial charge on any atom is 0.248 e. The molecule has 1 N–H and O–H groups in total. The SMILES string of the molecule is CCC1(C)NC(=O)C(C)N(Cc2cc(F)cc(F)c2)C1=O. The number of hydrogen-bond acceptors (Lipinski definition) is 2. The molecule has 2 amide bonds. The van der Waals surface area contributed by atoms with Crippen LogP contribution in [0.15, 0.2) is 18.2 Å². The van der Waals surface area contributed by atoms with Crippen molar-refractivity contribution in [3.63, 3.8) is 0 Å². The number of carbonyl (C=O) groups is 2. The second kappa shape index (κ2) is 5.42. The maximum absolute atomic E-state index is 13.2. The van der Waals surface area contributed by atoms with E-state index in [1.54, 1.807) is 20.8 Å². The summed E-state index contributed by atoms with van der Waals surface area (Å²) < 4.78 is 26.5. The zero-order valence-corrected chi connectivity index (χ0v) is 12.2. The molecule has 2 atom stereocenters. The standard InChI is InChI=1S/C15H18F2N2O2/c1-4-15(3)14(21)19(9(2)13(20)18-15)8-10-5-11(16)7-12(17)6-10/h5-7,9H,4,8H2,1-3H3,(H,18,20). The summed E-state index contributed by atoms with van der Waals surface area (Å²) in [6.07, 6.45) is 0.443. The average Bonchev–Trinajstić information content (AvgIpc) is 2.40. The number of nitrogens with zero attached hydrogens (tertiary/aromatic N) is 1. The molecule has 2 rings (SSSR count). The average molecular weight is 296 g/mol. The van der Waals surface area contributed by atoms with E-state index in [-0.39, 0.29) is 18.4 Å². The summed E-state index contributed by atoms with van der Waals surface area (Å²) in [5.74, 6) is -1.92.